The number of fused-ring (bicyclic) bond motifs is 11. The summed E-state index contributed by atoms with van der Waals surface area (Å²) in [4.78, 5) is 0. The lowest BCUT2D eigenvalue weighted by molar-refractivity contribution is 0.794. The topological polar surface area (TPSA) is 0 Å². The fourth-order valence-corrected chi connectivity index (χ4v) is 8.50. The largest absolute Gasteiger partial charge is 0.0725 e. The van der Waals surface area contributed by atoms with Crippen molar-refractivity contribution in [2.45, 2.75) is 5.41 Å². The molecular weight excluding hydrogens is 565 g/mol. The first-order valence-corrected chi connectivity index (χ1v) is 16.4. The van der Waals surface area contributed by atoms with E-state index in [1.807, 2.05) is 0 Å². The minimum atomic E-state index is -0.357. The Labute approximate surface area is 275 Å². The highest BCUT2D eigenvalue weighted by atomic mass is 14.5. The average Bonchev–Trinajstić information content (AvgIpc) is 3.62. The maximum atomic E-state index is 2.49. The van der Waals surface area contributed by atoms with Crippen molar-refractivity contribution < 1.29 is 0 Å². The zero-order chi connectivity index (χ0) is 31.0. The van der Waals surface area contributed by atoms with Gasteiger partial charge in [0.05, 0.1) is 5.41 Å². The third-order valence-corrected chi connectivity index (χ3v) is 10.5. The summed E-state index contributed by atoms with van der Waals surface area (Å²) in [5.41, 5.74) is 17.8. The lowest BCUT2D eigenvalue weighted by Crippen LogP contribution is -2.25. The van der Waals surface area contributed by atoms with E-state index in [1.54, 1.807) is 0 Å². The summed E-state index contributed by atoms with van der Waals surface area (Å²) in [6.07, 6.45) is 0. The van der Waals surface area contributed by atoms with E-state index in [4.69, 9.17) is 0 Å². The lowest BCUT2D eigenvalue weighted by Gasteiger charge is -2.30. The van der Waals surface area contributed by atoms with Crippen LogP contribution in [-0.2, 0) is 5.41 Å². The molecule has 218 valence electrons. The van der Waals surface area contributed by atoms with Crippen LogP contribution in [0.2, 0.25) is 0 Å². The fourth-order valence-electron chi connectivity index (χ4n) is 8.50. The molecule has 0 saturated carbocycles. The molecule has 0 radical (unpaired) electrons. The maximum Gasteiger partial charge on any atom is 0.0725 e. The van der Waals surface area contributed by atoms with Gasteiger partial charge in [0, 0.05) is 0 Å². The van der Waals surface area contributed by atoms with Crippen LogP contribution >= 0.6 is 0 Å². The van der Waals surface area contributed by atoms with Gasteiger partial charge in [-0.1, -0.05) is 158 Å². The fraction of sp³-hybridized carbons (Fsp3) is 0.0213. The first-order valence-electron chi connectivity index (χ1n) is 16.4. The van der Waals surface area contributed by atoms with E-state index in [0.717, 1.165) is 0 Å². The third kappa shape index (κ3) is 3.70. The summed E-state index contributed by atoms with van der Waals surface area (Å²) in [6, 6.07) is 67.5. The van der Waals surface area contributed by atoms with Crippen LogP contribution in [0.5, 0.6) is 0 Å². The number of hydrogen-bond donors (Lipinski definition) is 0. The van der Waals surface area contributed by atoms with Crippen LogP contribution < -0.4 is 0 Å². The summed E-state index contributed by atoms with van der Waals surface area (Å²) in [7, 11) is 0. The van der Waals surface area contributed by atoms with Gasteiger partial charge in [-0.3, -0.25) is 0 Å². The van der Waals surface area contributed by atoms with Crippen molar-refractivity contribution in [1.29, 1.82) is 0 Å². The predicted octanol–water partition coefficient (Wildman–Crippen LogP) is 12.2. The van der Waals surface area contributed by atoms with Gasteiger partial charge < -0.3 is 0 Å². The van der Waals surface area contributed by atoms with Crippen LogP contribution in [0.1, 0.15) is 22.3 Å². The molecular formula is C47H30. The van der Waals surface area contributed by atoms with Gasteiger partial charge in [-0.25, -0.2) is 0 Å². The van der Waals surface area contributed by atoms with Crippen molar-refractivity contribution in [1.82, 2.24) is 0 Å². The molecule has 0 aromatic heterocycles. The van der Waals surface area contributed by atoms with Crippen LogP contribution in [0.25, 0.3) is 66.4 Å². The molecule has 10 rings (SSSR count). The molecule has 0 saturated heterocycles. The Morgan fingerprint density at radius 3 is 1.43 bits per heavy atom. The van der Waals surface area contributed by atoms with E-state index in [9.17, 15) is 0 Å². The Hall–Kier alpha value is -5.98. The highest BCUT2D eigenvalue weighted by Crippen LogP contribution is 2.63. The lowest BCUT2D eigenvalue weighted by atomic mass is 9.70. The van der Waals surface area contributed by atoms with E-state index in [1.165, 1.54) is 88.7 Å². The van der Waals surface area contributed by atoms with Crippen LogP contribution in [0.4, 0.5) is 0 Å². The molecule has 0 unspecified atom stereocenters. The second kappa shape index (κ2) is 10.0. The Morgan fingerprint density at radius 1 is 0.255 bits per heavy atom. The number of hydrogen-bond acceptors (Lipinski definition) is 0. The summed E-state index contributed by atoms with van der Waals surface area (Å²) >= 11 is 0. The third-order valence-electron chi connectivity index (χ3n) is 10.5. The second-order valence-corrected chi connectivity index (χ2v) is 12.8. The average molecular weight is 595 g/mol. The van der Waals surface area contributed by atoms with Crippen molar-refractivity contribution in [2.75, 3.05) is 0 Å². The van der Waals surface area contributed by atoms with Gasteiger partial charge in [-0.05, 0) is 113 Å². The molecule has 0 nitrogen and oxygen atoms in total. The van der Waals surface area contributed by atoms with E-state index in [-0.39, 0.29) is 5.41 Å². The van der Waals surface area contributed by atoms with Gasteiger partial charge in [0.15, 0.2) is 0 Å². The monoisotopic (exact) mass is 594 g/mol. The van der Waals surface area contributed by atoms with Crippen LogP contribution in [-0.4, -0.2) is 0 Å². The summed E-state index contributed by atoms with van der Waals surface area (Å²) < 4.78 is 0. The van der Waals surface area contributed by atoms with Gasteiger partial charge in [0.25, 0.3) is 0 Å². The Bertz CT molecular complexity index is 2450. The van der Waals surface area contributed by atoms with E-state index < -0.39 is 0 Å². The van der Waals surface area contributed by atoms with Crippen molar-refractivity contribution in [3.63, 3.8) is 0 Å². The molecule has 0 heterocycles. The summed E-state index contributed by atoms with van der Waals surface area (Å²) in [5, 5.41) is 2.53. The zero-order valence-corrected chi connectivity index (χ0v) is 25.8. The summed E-state index contributed by atoms with van der Waals surface area (Å²) in [6.45, 7) is 0. The summed E-state index contributed by atoms with van der Waals surface area (Å²) in [5.74, 6) is 0. The quantitative estimate of drug-likeness (QED) is 0.191. The molecule has 8 aromatic rings. The maximum absolute atomic E-state index is 2.49. The molecule has 47 heavy (non-hydrogen) atoms. The molecule has 1 spiro atoms. The molecule has 0 fully saturated rings. The molecule has 0 N–H and O–H groups in total. The van der Waals surface area contributed by atoms with E-state index in [2.05, 4.69) is 182 Å². The number of benzene rings is 8. The van der Waals surface area contributed by atoms with Crippen molar-refractivity contribution in [2.24, 2.45) is 0 Å². The van der Waals surface area contributed by atoms with Crippen LogP contribution in [0.15, 0.2) is 182 Å². The minimum Gasteiger partial charge on any atom is -0.0622 e. The molecule has 8 aromatic carbocycles. The highest BCUT2D eigenvalue weighted by molar-refractivity contribution is 5.99. The Balaban J connectivity index is 1.25. The molecule has 2 aliphatic carbocycles. The van der Waals surface area contributed by atoms with Gasteiger partial charge in [-0.15, -0.1) is 0 Å². The smallest absolute Gasteiger partial charge is 0.0622 e. The number of rotatable bonds is 3. The molecule has 0 heteroatoms. The first kappa shape index (κ1) is 26.3. The van der Waals surface area contributed by atoms with Gasteiger partial charge >= 0.3 is 0 Å². The predicted molar refractivity (Wildman–Crippen MR) is 197 cm³/mol. The molecule has 0 amide bonds. The second-order valence-electron chi connectivity index (χ2n) is 12.8. The zero-order valence-electron chi connectivity index (χ0n) is 25.8. The van der Waals surface area contributed by atoms with Crippen LogP contribution in [0, 0.1) is 0 Å². The normalized spacial score (nSPS) is 13.3. The first-order chi connectivity index (χ1) is 23.3. The minimum absolute atomic E-state index is 0.357. The van der Waals surface area contributed by atoms with Gasteiger partial charge in [-0.2, -0.15) is 0 Å². The Kier molecular flexibility index (Phi) is 5.59. The van der Waals surface area contributed by atoms with E-state index in [0.29, 0.717) is 0 Å². The molecule has 0 aliphatic heterocycles. The van der Waals surface area contributed by atoms with Crippen molar-refractivity contribution in [3.8, 4) is 55.6 Å². The van der Waals surface area contributed by atoms with Crippen molar-refractivity contribution in [3.05, 3.63) is 204 Å². The standard InChI is InChI=1S/C47H30/c1-2-13-31(14-3-1)34-27-35(29-36(28-34)38-21-12-16-32-15-4-5-17-37(32)38)33-25-26-42-41-20-8-11-24-45(41)47(46(42)30-33)43-22-9-6-18-39(43)40-19-7-10-23-44(40)47/h1-30H. The molecule has 2 aliphatic rings. The molecule has 0 atom stereocenters. The Morgan fingerprint density at radius 2 is 0.745 bits per heavy atom. The van der Waals surface area contributed by atoms with Crippen LogP contribution in [0.3, 0.4) is 0 Å². The van der Waals surface area contributed by atoms with Gasteiger partial charge in [0.2, 0.25) is 0 Å². The van der Waals surface area contributed by atoms with Crippen molar-refractivity contribution >= 4 is 10.8 Å². The SMILES string of the molecule is c1ccc(-c2cc(-c3ccc4c(c3)C3(c5ccccc5-c5ccccc53)c3ccccc3-4)cc(-c3cccc4ccccc34)c2)cc1. The van der Waals surface area contributed by atoms with Gasteiger partial charge in [0.1, 0.15) is 0 Å². The van der Waals surface area contributed by atoms with E-state index >= 15 is 0 Å². The molecule has 0 bridgehead atoms. The highest BCUT2D eigenvalue weighted by Gasteiger charge is 2.51.